The molecule has 0 aromatic rings. The number of nitrogens with one attached hydrogen (secondary N) is 1. The number of hydrogen-bond acceptors (Lipinski definition) is 2. The van der Waals surface area contributed by atoms with Crippen molar-refractivity contribution in [2.75, 3.05) is 6.54 Å². The highest BCUT2D eigenvalue weighted by atomic mass is 16.2. The van der Waals surface area contributed by atoms with Crippen LogP contribution in [0.1, 0.15) is 59.8 Å². The number of hydrogen-bond donors (Lipinski definition) is 1. The molecule has 0 bridgehead atoms. The fourth-order valence-electron chi connectivity index (χ4n) is 2.56. The Labute approximate surface area is 116 Å². The van der Waals surface area contributed by atoms with Crippen LogP contribution in [0, 0.1) is 5.92 Å². The van der Waals surface area contributed by atoms with Crippen molar-refractivity contribution in [2.24, 2.45) is 5.92 Å². The van der Waals surface area contributed by atoms with Crippen molar-refractivity contribution in [1.82, 2.24) is 10.2 Å². The molecule has 0 saturated carbocycles. The smallest absolute Gasteiger partial charge is 0.245 e. The molecular weight excluding hydrogens is 240 g/mol. The van der Waals surface area contributed by atoms with Gasteiger partial charge in [-0.15, -0.1) is 0 Å². The summed E-state index contributed by atoms with van der Waals surface area (Å²) in [5.74, 6) is 0.223. The molecule has 0 aliphatic carbocycles. The van der Waals surface area contributed by atoms with Gasteiger partial charge in [-0.2, -0.15) is 0 Å². The van der Waals surface area contributed by atoms with Gasteiger partial charge in [-0.3, -0.25) is 9.59 Å². The van der Waals surface area contributed by atoms with Gasteiger partial charge >= 0.3 is 0 Å². The first-order valence-electron chi connectivity index (χ1n) is 7.57. The Morgan fingerprint density at radius 2 is 1.95 bits per heavy atom. The van der Waals surface area contributed by atoms with E-state index in [1.807, 2.05) is 25.7 Å². The Kier molecular flexibility index (Phi) is 6.32. The molecule has 0 aromatic heterocycles. The van der Waals surface area contributed by atoms with Crippen LogP contribution in [0.4, 0.5) is 0 Å². The van der Waals surface area contributed by atoms with Gasteiger partial charge in [-0.25, -0.2) is 0 Å². The summed E-state index contributed by atoms with van der Waals surface area (Å²) in [6.45, 7) is 8.89. The second-order valence-corrected chi connectivity index (χ2v) is 5.93. The van der Waals surface area contributed by atoms with Crippen molar-refractivity contribution in [2.45, 2.75) is 71.9 Å². The van der Waals surface area contributed by atoms with Gasteiger partial charge in [0.05, 0.1) is 0 Å². The average Bonchev–Trinajstić information content (AvgIpc) is 2.44. The topological polar surface area (TPSA) is 49.4 Å². The number of nitrogens with zero attached hydrogens (tertiary/aromatic N) is 1. The zero-order chi connectivity index (χ0) is 14.4. The summed E-state index contributed by atoms with van der Waals surface area (Å²) < 4.78 is 0. The molecule has 4 heteroatoms. The van der Waals surface area contributed by atoms with Gasteiger partial charge in [-0.05, 0) is 19.3 Å². The maximum absolute atomic E-state index is 12.5. The zero-order valence-corrected chi connectivity index (χ0v) is 12.7. The first-order chi connectivity index (χ1) is 8.97. The van der Waals surface area contributed by atoms with E-state index in [0.29, 0.717) is 6.42 Å². The van der Waals surface area contributed by atoms with Crippen molar-refractivity contribution >= 4 is 11.8 Å². The molecule has 1 saturated heterocycles. The van der Waals surface area contributed by atoms with E-state index in [4.69, 9.17) is 0 Å². The van der Waals surface area contributed by atoms with Crippen LogP contribution in [0.25, 0.3) is 0 Å². The van der Waals surface area contributed by atoms with Crippen LogP contribution in [-0.2, 0) is 9.59 Å². The maximum Gasteiger partial charge on any atom is 0.245 e. The molecule has 19 heavy (non-hydrogen) atoms. The fourth-order valence-corrected chi connectivity index (χ4v) is 2.56. The molecule has 0 radical (unpaired) electrons. The van der Waals surface area contributed by atoms with Crippen LogP contribution in [-0.4, -0.2) is 35.3 Å². The summed E-state index contributed by atoms with van der Waals surface area (Å²) in [7, 11) is 0. The van der Waals surface area contributed by atoms with Crippen LogP contribution in [0.5, 0.6) is 0 Å². The predicted octanol–water partition coefficient (Wildman–Crippen LogP) is 2.33. The lowest BCUT2D eigenvalue weighted by molar-refractivity contribution is -0.136. The monoisotopic (exact) mass is 268 g/mol. The van der Waals surface area contributed by atoms with Crippen molar-refractivity contribution in [3.05, 3.63) is 0 Å². The molecular formula is C15H28N2O2. The van der Waals surface area contributed by atoms with E-state index in [2.05, 4.69) is 12.2 Å². The first kappa shape index (κ1) is 16.0. The molecule has 2 unspecified atom stereocenters. The van der Waals surface area contributed by atoms with Crippen LogP contribution in [0.3, 0.4) is 0 Å². The zero-order valence-electron chi connectivity index (χ0n) is 12.7. The summed E-state index contributed by atoms with van der Waals surface area (Å²) in [5.41, 5.74) is 0. The van der Waals surface area contributed by atoms with Crippen molar-refractivity contribution in [3.63, 3.8) is 0 Å². The molecule has 1 rings (SSSR count). The Morgan fingerprint density at radius 3 is 2.53 bits per heavy atom. The van der Waals surface area contributed by atoms with E-state index in [1.165, 1.54) is 12.8 Å². The van der Waals surface area contributed by atoms with Crippen LogP contribution >= 0.6 is 0 Å². The maximum atomic E-state index is 12.5. The molecule has 1 N–H and O–H groups in total. The van der Waals surface area contributed by atoms with E-state index in [9.17, 15) is 9.59 Å². The summed E-state index contributed by atoms with van der Waals surface area (Å²) >= 11 is 0. The van der Waals surface area contributed by atoms with Gasteiger partial charge in [0.2, 0.25) is 11.8 Å². The number of unbranched alkanes of at least 4 members (excludes halogenated alkanes) is 3. The van der Waals surface area contributed by atoms with E-state index in [-0.39, 0.29) is 29.8 Å². The largest absolute Gasteiger partial charge is 0.344 e. The van der Waals surface area contributed by atoms with Crippen molar-refractivity contribution in [1.29, 1.82) is 0 Å². The molecule has 1 aliphatic rings. The van der Waals surface area contributed by atoms with Crippen LogP contribution in [0.2, 0.25) is 0 Å². The summed E-state index contributed by atoms with van der Waals surface area (Å²) in [6, 6.07) is -0.346. The molecule has 1 aliphatic heterocycles. The summed E-state index contributed by atoms with van der Waals surface area (Å²) in [4.78, 5) is 26.2. The fraction of sp³-hybridized carbons (Fsp3) is 0.867. The van der Waals surface area contributed by atoms with Gasteiger partial charge in [0, 0.05) is 19.0 Å². The molecule has 1 heterocycles. The minimum absolute atomic E-state index is 0.00407. The second-order valence-electron chi connectivity index (χ2n) is 5.93. The Balaban J connectivity index is 2.68. The lowest BCUT2D eigenvalue weighted by Gasteiger charge is -2.30. The highest BCUT2D eigenvalue weighted by Crippen LogP contribution is 2.17. The normalized spacial score (nSPS) is 24.6. The quantitative estimate of drug-likeness (QED) is 0.752. The second kappa shape index (κ2) is 7.51. The number of amides is 2. The van der Waals surface area contributed by atoms with Gasteiger partial charge in [0.25, 0.3) is 0 Å². The van der Waals surface area contributed by atoms with Crippen molar-refractivity contribution in [3.8, 4) is 0 Å². The van der Waals surface area contributed by atoms with E-state index in [1.54, 1.807) is 0 Å². The molecule has 110 valence electrons. The third-order valence-corrected chi connectivity index (χ3v) is 3.80. The van der Waals surface area contributed by atoms with E-state index < -0.39 is 0 Å². The third kappa shape index (κ3) is 4.51. The van der Waals surface area contributed by atoms with Gasteiger partial charge in [0.1, 0.15) is 6.04 Å². The Hall–Kier alpha value is -1.06. The third-order valence-electron chi connectivity index (χ3n) is 3.80. The molecule has 2 atom stereocenters. The standard InChI is InChI=1S/C15H28N2O2/c1-5-6-7-8-9-17-12(4)10-13(18)16-14(11(2)3)15(17)19/h11-12,14H,5-10H2,1-4H3,(H,16,18). The number of carbonyl (C=O) groups excluding carboxylic acids is 2. The highest BCUT2D eigenvalue weighted by molar-refractivity contribution is 5.90. The van der Waals surface area contributed by atoms with Crippen LogP contribution in [0.15, 0.2) is 0 Å². The Morgan fingerprint density at radius 1 is 1.26 bits per heavy atom. The lowest BCUT2D eigenvalue weighted by atomic mass is 10.0. The molecule has 4 nitrogen and oxygen atoms in total. The minimum Gasteiger partial charge on any atom is -0.344 e. The molecule has 0 spiro atoms. The molecule has 0 aromatic carbocycles. The summed E-state index contributed by atoms with van der Waals surface area (Å²) in [6.07, 6.45) is 5.01. The summed E-state index contributed by atoms with van der Waals surface area (Å²) in [5, 5.41) is 2.86. The minimum atomic E-state index is -0.358. The average molecular weight is 268 g/mol. The van der Waals surface area contributed by atoms with Gasteiger partial charge in [0.15, 0.2) is 0 Å². The van der Waals surface area contributed by atoms with Gasteiger partial charge < -0.3 is 10.2 Å². The van der Waals surface area contributed by atoms with Crippen molar-refractivity contribution < 1.29 is 9.59 Å². The first-order valence-corrected chi connectivity index (χ1v) is 7.57. The SMILES string of the molecule is CCCCCCN1C(=O)C(C(C)C)NC(=O)CC1C. The number of carbonyl (C=O) groups is 2. The van der Waals surface area contributed by atoms with Gasteiger partial charge in [-0.1, -0.05) is 40.0 Å². The highest BCUT2D eigenvalue weighted by Gasteiger charge is 2.34. The van der Waals surface area contributed by atoms with E-state index in [0.717, 1.165) is 19.4 Å². The number of rotatable bonds is 6. The molecule has 1 fully saturated rings. The Bertz CT molecular complexity index is 315. The lowest BCUT2D eigenvalue weighted by Crippen LogP contribution is -2.49. The molecule has 2 amide bonds. The predicted molar refractivity (Wildman–Crippen MR) is 76.7 cm³/mol. The van der Waals surface area contributed by atoms with Crippen LogP contribution < -0.4 is 5.32 Å². The van der Waals surface area contributed by atoms with E-state index >= 15 is 0 Å².